The summed E-state index contributed by atoms with van der Waals surface area (Å²) >= 11 is 0. The molecule has 1 saturated carbocycles. The fraction of sp³-hybridized carbons (Fsp3) is 1.00. The molecule has 0 amide bonds. The van der Waals surface area contributed by atoms with Crippen LogP contribution in [0, 0.1) is 5.41 Å². The molecule has 1 aliphatic rings. The quantitative estimate of drug-likeness (QED) is 0.626. The van der Waals surface area contributed by atoms with Gasteiger partial charge in [0, 0.05) is 12.6 Å². The maximum Gasteiger partial charge on any atom is 0.0108 e. The molecule has 2 nitrogen and oxygen atoms in total. The Bertz CT molecular complexity index is 119. The lowest BCUT2D eigenvalue weighted by atomic mass is 9.93. The van der Waals surface area contributed by atoms with Crippen molar-refractivity contribution in [2.45, 2.75) is 38.6 Å². The molecule has 2 heteroatoms. The van der Waals surface area contributed by atoms with Gasteiger partial charge >= 0.3 is 0 Å². The van der Waals surface area contributed by atoms with Gasteiger partial charge in [0.05, 0.1) is 0 Å². The molecule has 1 atom stereocenters. The van der Waals surface area contributed by atoms with Crippen LogP contribution in [-0.2, 0) is 0 Å². The van der Waals surface area contributed by atoms with E-state index in [0.717, 1.165) is 6.54 Å². The van der Waals surface area contributed by atoms with Crippen molar-refractivity contribution in [3.05, 3.63) is 0 Å². The minimum Gasteiger partial charge on any atom is -0.327 e. The van der Waals surface area contributed by atoms with E-state index in [1.165, 1.54) is 25.7 Å². The van der Waals surface area contributed by atoms with Gasteiger partial charge in [0.2, 0.25) is 0 Å². The van der Waals surface area contributed by atoms with Crippen molar-refractivity contribution >= 4 is 0 Å². The smallest absolute Gasteiger partial charge is 0.0108 e. The Morgan fingerprint density at radius 1 is 1.55 bits per heavy atom. The molecule has 1 unspecified atom stereocenters. The summed E-state index contributed by atoms with van der Waals surface area (Å²) in [6.45, 7) is 3.31. The van der Waals surface area contributed by atoms with Gasteiger partial charge in [-0.05, 0) is 31.7 Å². The zero-order valence-corrected chi connectivity index (χ0v) is 7.69. The zero-order valence-electron chi connectivity index (χ0n) is 7.69. The van der Waals surface area contributed by atoms with Crippen molar-refractivity contribution < 1.29 is 0 Å². The molecule has 0 radical (unpaired) electrons. The summed E-state index contributed by atoms with van der Waals surface area (Å²) in [5.41, 5.74) is 6.55. The Kier molecular flexibility index (Phi) is 2.90. The molecule has 66 valence electrons. The summed E-state index contributed by atoms with van der Waals surface area (Å²) in [5, 5.41) is 3.23. The van der Waals surface area contributed by atoms with Gasteiger partial charge in [-0.15, -0.1) is 0 Å². The topological polar surface area (TPSA) is 38.0 Å². The first kappa shape index (κ1) is 9.01. The van der Waals surface area contributed by atoms with Gasteiger partial charge in [0.1, 0.15) is 0 Å². The Morgan fingerprint density at radius 2 is 2.18 bits per heavy atom. The van der Waals surface area contributed by atoms with E-state index >= 15 is 0 Å². The number of nitrogens with two attached hydrogens (primary N) is 1. The summed E-state index contributed by atoms with van der Waals surface area (Å²) in [7, 11) is 2.01. The summed E-state index contributed by atoms with van der Waals surface area (Å²) in [5.74, 6) is 0. The molecule has 1 rings (SSSR count). The largest absolute Gasteiger partial charge is 0.327 e. The second-order valence-corrected chi connectivity index (χ2v) is 3.79. The van der Waals surface area contributed by atoms with E-state index in [-0.39, 0.29) is 0 Å². The van der Waals surface area contributed by atoms with Gasteiger partial charge in [-0.3, -0.25) is 0 Å². The highest BCUT2D eigenvalue weighted by Crippen LogP contribution is 2.48. The van der Waals surface area contributed by atoms with Gasteiger partial charge in [-0.25, -0.2) is 0 Å². The maximum atomic E-state index is 6.07. The molecular formula is C9H20N2. The Morgan fingerprint density at radius 3 is 2.55 bits per heavy atom. The molecule has 0 heterocycles. The van der Waals surface area contributed by atoms with Crippen LogP contribution < -0.4 is 11.1 Å². The minimum absolute atomic E-state index is 0.431. The van der Waals surface area contributed by atoms with Crippen LogP contribution in [0.4, 0.5) is 0 Å². The summed E-state index contributed by atoms with van der Waals surface area (Å²) in [6, 6.07) is 0.431. The molecule has 3 N–H and O–H groups in total. The van der Waals surface area contributed by atoms with Crippen LogP contribution in [0.2, 0.25) is 0 Å². The highest BCUT2D eigenvalue weighted by Gasteiger charge is 2.46. The standard InChI is InChI=1S/C9H20N2/c1-3-4-8(10)9(5-6-9)7-11-2/h8,11H,3-7,10H2,1-2H3. The molecule has 0 aromatic carbocycles. The Balaban J connectivity index is 2.31. The molecule has 1 fully saturated rings. The highest BCUT2D eigenvalue weighted by atomic mass is 14.9. The number of hydrogen-bond acceptors (Lipinski definition) is 2. The first-order valence-corrected chi connectivity index (χ1v) is 4.65. The molecular weight excluding hydrogens is 136 g/mol. The second-order valence-electron chi connectivity index (χ2n) is 3.79. The third-order valence-corrected chi connectivity index (χ3v) is 2.81. The van der Waals surface area contributed by atoms with Gasteiger partial charge in [-0.1, -0.05) is 13.3 Å². The normalized spacial score (nSPS) is 23.2. The molecule has 0 aliphatic heterocycles. The number of hydrogen-bond donors (Lipinski definition) is 2. The van der Waals surface area contributed by atoms with E-state index in [1.54, 1.807) is 0 Å². The molecule has 0 aromatic rings. The van der Waals surface area contributed by atoms with E-state index in [4.69, 9.17) is 5.73 Å². The van der Waals surface area contributed by atoms with Crippen molar-refractivity contribution in [3.8, 4) is 0 Å². The fourth-order valence-corrected chi connectivity index (χ4v) is 1.81. The average Bonchev–Trinajstić information content (AvgIpc) is 2.71. The zero-order chi connectivity index (χ0) is 8.32. The van der Waals surface area contributed by atoms with Gasteiger partial charge in [0.25, 0.3) is 0 Å². The monoisotopic (exact) mass is 156 g/mol. The lowest BCUT2D eigenvalue weighted by Gasteiger charge is -2.22. The Hall–Kier alpha value is -0.0800. The summed E-state index contributed by atoms with van der Waals surface area (Å²) in [6.07, 6.45) is 5.05. The highest BCUT2D eigenvalue weighted by molar-refractivity contribution is 5.01. The van der Waals surface area contributed by atoms with Crippen LogP contribution in [0.3, 0.4) is 0 Å². The maximum absolute atomic E-state index is 6.07. The molecule has 0 bridgehead atoms. The summed E-state index contributed by atoms with van der Waals surface area (Å²) in [4.78, 5) is 0. The SMILES string of the molecule is CCCC(N)C1(CNC)CC1. The lowest BCUT2D eigenvalue weighted by molar-refractivity contribution is 0.363. The molecule has 0 spiro atoms. The first-order chi connectivity index (χ1) is 5.25. The number of rotatable bonds is 5. The van der Waals surface area contributed by atoms with E-state index in [0.29, 0.717) is 11.5 Å². The molecule has 11 heavy (non-hydrogen) atoms. The van der Waals surface area contributed by atoms with Crippen molar-refractivity contribution in [2.75, 3.05) is 13.6 Å². The third-order valence-electron chi connectivity index (χ3n) is 2.81. The van der Waals surface area contributed by atoms with Crippen LogP contribution in [0.25, 0.3) is 0 Å². The summed E-state index contributed by atoms with van der Waals surface area (Å²) < 4.78 is 0. The van der Waals surface area contributed by atoms with Crippen LogP contribution in [0.5, 0.6) is 0 Å². The van der Waals surface area contributed by atoms with Crippen LogP contribution >= 0.6 is 0 Å². The van der Waals surface area contributed by atoms with Crippen LogP contribution in [0.15, 0.2) is 0 Å². The van der Waals surface area contributed by atoms with Gasteiger partial charge in [0.15, 0.2) is 0 Å². The van der Waals surface area contributed by atoms with Crippen molar-refractivity contribution in [1.29, 1.82) is 0 Å². The van der Waals surface area contributed by atoms with Gasteiger partial charge < -0.3 is 11.1 Å². The molecule has 1 aliphatic carbocycles. The van der Waals surface area contributed by atoms with Gasteiger partial charge in [-0.2, -0.15) is 0 Å². The van der Waals surface area contributed by atoms with E-state index in [9.17, 15) is 0 Å². The third kappa shape index (κ3) is 1.94. The van der Waals surface area contributed by atoms with Crippen molar-refractivity contribution in [2.24, 2.45) is 11.1 Å². The number of nitrogens with one attached hydrogen (secondary N) is 1. The first-order valence-electron chi connectivity index (χ1n) is 4.65. The lowest BCUT2D eigenvalue weighted by Crippen LogP contribution is -2.37. The molecule has 0 aromatic heterocycles. The van der Waals surface area contributed by atoms with E-state index < -0.39 is 0 Å². The Labute approximate surface area is 69.5 Å². The second kappa shape index (κ2) is 3.55. The van der Waals surface area contributed by atoms with Crippen molar-refractivity contribution in [3.63, 3.8) is 0 Å². The van der Waals surface area contributed by atoms with E-state index in [1.807, 2.05) is 7.05 Å². The van der Waals surface area contributed by atoms with E-state index in [2.05, 4.69) is 12.2 Å². The van der Waals surface area contributed by atoms with Crippen LogP contribution in [-0.4, -0.2) is 19.6 Å². The predicted octanol–water partition coefficient (Wildman–Crippen LogP) is 1.11. The average molecular weight is 156 g/mol. The fourth-order valence-electron chi connectivity index (χ4n) is 1.81. The predicted molar refractivity (Wildman–Crippen MR) is 48.5 cm³/mol. The molecule has 0 saturated heterocycles. The minimum atomic E-state index is 0.431. The van der Waals surface area contributed by atoms with Crippen molar-refractivity contribution in [1.82, 2.24) is 5.32 Å². The van der Waals surface area contributed by atoms with Crippen LogP contribution in [0.1, 0.15) is 32.6 Å².